The normalized spacial score (nSPS) is 18.7. The van der Waals surface area contributed by atoms with Crippen LogP contribution in [0.1, 0.15) is 0 Å². The minimum atomic E-state index is -4.81. The summed E-state index contributed by atoms with van der Waals surface area (Å²) in [5, 5.41) is 32.8. The van der Waals surface area contributed by atoms with E-state index in [0.29, 0.717) is 6.08 Å². The molecule has 0 radical (unpaired) electrons. The lowest BCUT2D eigenvalue weighted by molar-refractivity contribution is -0.140. The second kappa shape index (κ2) is 10.1. The van der Waals surface area contributed by atoms with Gasteiger partial charge in [-0.1, -0.05) is 0 Å². The number of aliphatic hydroxyl groups is 3. The summed E-state index contributed by atoms with van der Waals surface area (Å²) in [6.07, 6.45) is -1.46. The molecule has 30 heavy (non-hydrogen) atoms. The van der Waals surface area contributed by atoms with Gasteiger partial charge in [0.25, 0.3) is 17.7 Å². The van der Waals surface area contributed by atoms with Crippen LogP contribution in [0.5, 0.6) is 0 Å². The van der Waals surface area contributed by atoms with Gasteiger partial charge in [0.15, 0.2) is 6.10 Å². The number of nitrogens with one attached hydrogen (secondary N) is 3. The van der Waals surface area contributed by atoms with E-state index in [-0.39, 0.29) is 4.31 Å². The highest BCUT2D eigenvalue weighted by Gasteiger charge is 2.44. The SMILES string of the molecule is NC(=O)/C=C(/NC(=O)C(CO)NC(=O)C(O)CO)C(=O)N[C@H]1CN(S(=O)(=O)O)C1=O. The Balaban J connectivity index is 2.86. The zero-order valence-corrected chi connectivity index (χ0v) is 15.8. The number of rotatable bonds is 10. The molecule has 168 valence electrons. The Hall–Kier alpha value is -3.12. The van der Waals surface area contributed by atoms with Gasteiger partial charge in [0.05, 0.1) is 19.8 Å². The van der Waals surface area contributed by atoms with Crippen LogP contribution in [0.15, 0.2) is 11.8 Å². The summed E-state index contributed by atoms with van der Waals surface area (Å²) in [4.78, 5) is 58.6. The second-order valence-electron chi connectivity index (χ2n) is 5.76. The largest absolute Gasteiger partial charge is 0.394 e. The third-order valence-electron chi connectivity index (χ3n) is 3.56. The number of hydrogen-bond donors (Lipinski definition) is 8. The zero-order chi connectivity index (χ0) is 23.2. The van der Waals surface area contributed by atoms with Crippen molar-refractivity contribution in [3.8, 4) is 0 Å². The maximum atomic E-state index is 12.2. The predicted octanol–water partition coefficient (Wildman–Crippen LogP) is -6.57. The number of aliphatic hydroxyl groups excluding tert-OH is 3. The lowest BCUT2D eigenvalue weighted by atomic mass is 10.1. The zero-order valence-electron chi connectivity index (χ0n) is 15.0. The first-order valence-corrected chi connectivity index (χ1v) is 9.33. The van der Waals surface area contributed by atoms with Crippen LogP contribution in [-0.2, 0) is 34.3 Å². The Morgan fingerprint density at radius 3 is 2.23 bits per heavy atom. The van der Waals surface area contributed by atoms with Gasteiger partial charge in [0.2, 0.25) is 11.8 Å². The van der Waals surface area contributed by atoms with Gasteiger partial charge in [0.1, 0.15) is 17.8 Å². The minimum Gasteiger partial charge on any atom is -0.394 e. The summed E-state index contributed by atoms with van der Waals surface area (Å²) in [5.41, 5.74) is 4.11. The topological polar surface area (TPSA) is 266 Å². The van der Waals surface area contributed by atoms with Gasteiger partial charge in [-0.2, -0.15) is 8.42 Å². The summed E-state index contributed by atoms with van der Waals surface area (Å²) in [6.45, 7) is -2.60. The fraction of sp³-hybridized carbons (Fsp3) is 0.462. The highest BCUT2D eigenvalue weighted by atomic mass is 32.2. The monoisotopic (exact) mass is 453 g/mol. The summed E-state index contributed by atoms with van der Waals surface area (Å²) < 4.78 is 30.6. The number of β-lactam (4-membered cyclic amide) rings is 1. The lowest BCUT2D eigenvalue weighted by Gasteiger charge is -2.35. The summed E-state index contributed by atoms with van der Waals surface area (Å²) in [5.74, 6) is -6.11. The molecule has 0 bridgehead atoms. The Morgan fingerprint density at radius 2 is 1.80 bits per heavy atom. The summed E-state index contributed by atoms with van der Waals surface area (Å²) >= 11 is 0. The molecule has 1 aliphatic rings. The molecule has 1 aliphatic heterocycles. The molecule has 1 saturated heterocycles. The van der Waals surface area contributed by atoms with E-state index in [1.807, 2.05) is 16.0 Å². The van der Waals surface area contributed by atoms with E-state index in [4.69, 9.17) is 20.5 Å². The summed E-state index contributed by atoms with van der Waals surface area (Å²) in [7, 11) is -4.81. The molecule has 1 rings (SSSR count). The molecule has 0 aliphatic carbocycles. The predicted molar refractivity (Wildman–Crippen MR) is 92.7 cm³/mol. The average Bonchev–Trinajstić information content (AvgIpc) is 2.65. The quantitative estimate of drug-likeness (QED) is 0.0875. The van der Waals surface area contributed by atoms with Crippen LogP contribution < -0.4 is 21.7 Å². The molecule has 0 spiro atoms. The molecular weight excluding hydrogens is 434 g/mol. The van der Waals surface area contributed by atoms with Crippen molar-refractivity contribution in [1.29, 1.82) is 0 Å². The number of carbonyl (C=O) groups is 5. The van der Waals surface area contributed by atoms with Crippen LogP contribution in [0, 0.1) is 0 Å². The number of primary amides is 1. The molecule has 1 heterocycles. The van der Waals surface area contributed by atoms with E-state index >= 15 is 0 Å². The van der Waals surface area contributed by atoms with Gasteiger partial charge < -0.3 is 37.0 Å². The molecule has 9 N–H and O–H groups in total. The van der Waals surface area contributed by atoms with Crippen molar-refractivity contribution in [2.75, 3.05) is 19.8 Å². The van der Waals surface area contributed by atoms with Crippen molar-refractivity contribution < 1.29 is 52.3 Å². The first kappa shape index (κ1) is 24.9. The van der Waals surface area contributed by atoms with Gasteiger partial charge in [-0.25, -0.2) is 4.31 Å². The smallest absolute Gasteiger partial charge is 0.362 e. The Bertz CT molecular complexity index is 871. The second-order valence-corrected chi connectivity index (χ2v) is 7.10. The molecular formula is C13H19N5O11S. The molecule has 3 atom stereocenters. The van der Waals surface area contributed by atoms with Gasteiger partial charge in [0, 0.05) is 6.08 Å². The van der Waals surface area contributed by atoms with E-state index < -0.39 is 83.5 Å². The number of amides is 5. The van der Waals surface area contributed by atoms with Crippen LogP contribution >= 0.6 is 0 Å². The third-order valence-corrected chi connectivity index (χ3v) is 4.44. The standard InChI is InChI=1S/C13H19N5O11S/c14-9(22)1-5(10(23)16-6-2-18(13(6)26)30(27,28)29)15-11(24)7(3-19)17-12(25)8(21)4-20/h1,6-8,19-21H,2-4H2,(H2,14,22)(H,15,24)(H,16,23)(H,17,25)(H,27,28,29)/b5-1+/t6-,7?,8?/m0/s1. The number of nitrogens with zero attached hydrogens (tertiary/aromatic N) is 1. The first-order valence-electron chi connectivity index (χ1n) is 7.93. The van der Waals surface area contributed by atoms with Crippen molar-refractivity contribution in [2.45, 2.75) is 18.2 Å². The van der Waals surface area contributed by atoms with Crippen molar-refractivity contribution in [3.05, 3.63) is 11.8 Å². The molecule has 17 heteroatoms. The molecule has 0 aromatic heterocycles. The van der Waals surface area contributed by atoms with E-state index in [0.717, 1.165) is 0 Å². The van der Waals surface area contributed by atoms with Crippen LogP contribution in [0.2, 0.25) is 0 Å². The summed E-state index contributed by atoms with van der Waals surface area (Å²) in [6, 6.07) is -3.12. The molecule has 0 saturated carbocycles. The van der Waals surface area contributed by atoms with Crippen molar-refractivity contribution >= 4 is 39.8 Å². The van der Waals surface area contributed by atoms with Crippen LogP contribution in [0.3, 0.4) is 0 Å². The number of hydrogen-bond acceptors (Lipinski definition) is 10. The van der Waals surface area contributed by atoms with E-state index in [9.17, 15) is 37.5 Å². The average molecular weight is 453 g/mol. The van der Waals surface area contributed by atoms with Crippen molar-refractivity contribution in [3.63, 3.8) is 0 Å². The first-order chi connectivity index (χ1) is 13.8. The number of nitrogens with two attached hydrogens (primary N) is 1. The fourth-order valence-electron chi connectivity index (χ4n) is 2.01. The van der Waals surface area contributed by atoms with Gasteiger partial charge >= 0.3 is 10.3 Å². The van der Waals surface area contributed by atoms with Gasteiger partial charge in [-0.15, -0.1) is 0 Å². The lowest BCUT2D eigenvalue weighted by Crippen LogP contribution is -2.65. The van der Waals surface area contributed by atoms with Gasteiger partial charge in [-0.3, -0.25) is 28.5 Å². The minimum absolute atomic E-state index is 0.0534. The van der Waals surface area contributed by atoms with Crippen molar-refractivity contribution in [2.24, 2.45) is 5.73 Å². The molecule has 0 aromatic carbocycles. The van der Waals surface area contributed by atoms with E-state index in [2.05, 4.69) is 0 Å². The van der Waals surface area contributed by atoms with E-state index in [1.165, 1.54) is 0 Å². The Kier molecular flexibility index (Phi) is 8.37. The molecule has 5 amide bonds. The van der Waals surface area contributed by atoms with Crippen LogP contribution in [0.4, 0.5) is 0 Å². The highest BCUT2D eigenvalue weighted by Crippen LogP contribution is 2.14. The van der Waals surface area contributed by atoms with Gasteiger partial charge in [-0.05, 0) is 0 Å². The Morgan fingerprint density at radius 1 is 1.20 bits per heavy atom. The maximum absolute atomic E-state index is 12.2. The molecule has 16 nitrogen and oxygen atoms in total. The molecule has 2 unspecified atom stereocenters. The van der Waals surface area contributed by atoms with Crippen LogP contribution in [-0.4, -0.2) is 100 Å². The van der Waals surface area contributed by atoms with Crippen molar-refractivity contribution in [1.82, 2.24) is 20.3 Å². The maximum Gasteiger partial charge on any atom is 0.362 e. The third kappa shape index (κ3) is 6.46. The highest BCUT2D eigenvalue weighted by molar-refractivity contribution is 7.84. The molecule has 0 aromatic rings. The number of carbonyl (C=O) groups excluding carboxylic acids is 5. The molecule has 1 fully saturated rings. The van der Waals surface area contributed by atoms with E-state index in [1.54, 1.807) is 0 Å². The Labute approximate surface area is 168 Å². The van der Waals surface area contributed by atoms with Crippen LogP contribution in [0.25, 0.3) is 0 Å². The fourth-order valence-corrected chi connectivity index (χ4v) is 2.70.